The zero-order chi connectivity index (χ0) is 11.3. The van der Waals surface area contributed by atoms with Crippen LogP contribution in [-0.2, 0) is 0 Å². The maximum absolute atomic E-state index is 10.4. The highest BCUT2D eigenvalue weighted by Crippen LogP contribution is 2.05. The fourth-order valence-corrected chi connectivity index (χ4v) is 1.07. The Kier molecular flexibility index (Phi) is 4.17. The van der Waals surface area contributed by atoms with Gasteiger partial charge in [-0.15, -0.1) is 0 Å². The van der Waals surface area contributed by atoms with Crippen molar-refractivity contribution in [2.45, 2.75) is 19.4 Å². The number of hydrogen-bond acceptors (Lipinski definition) is 5. The van der Waals surface area contributed by atoms with Gasteiger partial charge in [-0.3, -0.25) is 4.79 Å². The molecule has 82 valence electrons. The van der Waals surface area contributed by atoms with Crippen molar-refractivity contribution in [2.24, 2.45) is 0 Å². The number of hydrogen-bond donors (Lipinski definition) is 1. The van der Waals surface area contributed by atoms with Gasteiger partial charge in [0.2, 0.25) is 5.95 Å². The number of nitrogens with zero attached hydrogens (tertiary/aromatic N) is 3. The Labute approximate surface area is 88.8 Å². The van der Waals surface area contributed by atoms with Gasteiger partial charge in [0, 0.05) is 26.0 Å². The van der Waals surface area contributed by atoms with Crippen LogP contribution in [0, 0.1) is 0 Å². The van der Waals surface area contributed by atoms with E-state index < -0.39 is 0 Å². The van der Waals surface area contributed by atoms with E-state index in [-0.39, 0.29) is 6.10 Å². The molecule has 0 aliphatic rings. The van der Waals surface area contributed by atoms with Crippen molar-refractivity contribution in [3.63, 3.8) is 0 Å². The summed E-state index contributed by atoms with van der Waals surface area (Å²) in [6.07, 6.45) is 4.00. The molecule has 0 aromatic carbocycles. The molecule has 0 saturated carbocycles. The maximum atomic E-state index is 10.4. The van der Waals surface area contributed by atoms with Crippen LogP contribution in [0.3, 0.4) is 0 Å². The number of aldehydes is 1. The summed E-state index contributed by atoms with van der Waals surface area (Å²) in [7, 11) is 1.85. The Bertz CT molecular complexity index is 311. The van der Waals surface area contributed by atoms with Crippen molar-refractivity contribution in [1.29, 1.82) is 0 Å². The van der Waals surface area contributed by atoms with Crippen molar-refractivity contribution < 1.29 is 9.90 Å². The number of aromatic nitrogens is 2. The number of carbonyl (C=O) groups is 1. The Hall–Kier alpha value is -1.49. The standard InChI is InChI=1S/C10H15N3O2/c1-8(15)3-4-13(2)10-11-5-9(7-14)6-12-10/h5-8,15H,3-4H2,1-2H3. The third-order valence-electron chi connectivity index (χ3n) is 2.02. The van der Waals surface area contributed by atoms with Crippen molar-refractivity contribution >= 4 is 12.2 Å². The van der Waals surface area contributed by atoms with Crippen molar-refractivity contribution in [3.8, 4) is 0 Å². The normalized spacial score (nSPS) is 12.2. The molecule has 0 fully saturated rings. The second kappa shape index (κ2) is 5.41. The van der Waals surface area contributed by atoms with Crippen molar-refractivity contribution in [2.75, 3.05) is 18.5 Å². The summed E-state index contributed by atoms with van der Waals surface area (Å²) in [6.45, 7) is 2.42. The van der Waals surface area contributed by atoms with Crippen molar-refractivity contribution in [1.82, 2.24) is 9.97 Å². The van der Waals surface area contributed by atoms with Gasteiger partial charge >= 0.3 is 0 Å². The predicted molar refractivity (Wildman–Crippen MR) is 57.0 cm³/mol. The van der Waals surface area contributed by atoms with Crippen LogP contribution in [0.5, 0.6) is 0 Å². The molecule has 0 aliphatic carbocycles. The molecule has 1 atom stereocenters. The largest absolute Gasteiger partial charge is 0.393 e. The van der Waals surface area contributed by atoms with Crippen LogP contribution in [-0.4, -0.2) is 41.1 Å². The molecule has 0 spiro atoms. The summed E-state index contributed by atoms with van der Waals surface area (Å²) in [5.74, 6) is 0.557. The highest BCUT2D eigenvalue weighted by Gasteiger charge is 2.05. The van der Waals surface area contributed by atoms with Gasteiger partial charge in [-0.1, -0.05) is 0 Å². The van der Waals surface area contributed by atoms with Crippen LogP contribution < -0.4 is 4.90 Å². The smallest absolute Gasteiger partial charge is 0.225 e. The quantitative estimate of drug-likeness (QED) is 0.715. The Balaban J connectivity index is 2.57. The number of carbonyl (C=O) groups excluding carboxylic acids is 1. The van der Waals surface area contributed by atoms with Crippen LogP contribution in [0.25, 0.3) is 0 Å². The average Bonchev–Trinajstić information content (AvgIpc) is 2.26. The van der Waals surface area contributed by atoms with E-state index in [1.807, 2.05) is 11.9 Å². The topological polar surface area (TPSA) is 66.3 Å². The van der Waals surface area contributed by atoms with E-state index in [1.54, 1.807) is 6.92 Å². The number of rotatable bonds is 5. The molecule has 1 N–H and O–H groups in total. The molecular formula is C10H15N3O2. The second-order valence-electron chi connectivity index (χ2n) is 3.49. The van der Waals surface area contributed by atoms with Crippen molar-refractivity contribution in [3.05, 3.63) is 18.0 Å². The van der Waals surface area contributed by atoms with Gasteiger partial charge in [-0.2, -0.15) is 0 Å². The van der Waals surface area contributed by atoms with Crippen LogP contribution >= 0.6 is 0 Å². The monoisotopic (exact) mass is 209 g/mol. The lowest BCUT2D eigenvalue weighted by Crippen LogP contribution is -2.23. The lowest BCUT2D eigenvalue weighted by Gasteiger charge is -2.17. The van der Waals surface area contributed by atoms with Gasteiger partial charge in [-0.25, -0.2) is 9.97 Å². The van der Waals surface area contributed by atoms with Crippen LogP contribution in [0.1, 0.15) is 23.7 Å². The maximum Gasteiger partial charge on any atom is 0.225 e. The molecule has 1 rings (SSSR count). The summed E-state index contributed by atoms with van der Waals surface area (Å²) >= 11 is 0. The first-order valence-corrected chi connectivity index (χ1v) is 4.80. The van der Waals surface area contributed by atoms with Crippen LogP contribution in [0.4, 0.5) is 5.95 Å². The van der Waals surface area contributed by atoms with Crippen LogP contribution in [0.15, 0.2) is 12.4 Å². The first-order valence-electron chi connectivity index (χ1n) is 4.80. The molecule has 15 heavy (non-hydrogen) atoms. The Morgan fingerprint density at radius 3 is 2.60 bits per heavy atom. The summed E-state index contributed by atoms with van der Waals surface area (Å²) in [6, 6.07) is 0. The first-order chi connectivity index (χ1) is 7.13. The molecule has 0 radical (unpaired) electrons. The molecule has 1 aromatic heterocycles. The second-order valence-corrected chi connectivity index (χ2v) is 3.49. The number of aliphatic hydroxyl groups is 1. The van der Waals surface area contributed by atoms with E-state index in [1.165, 1.54) is 12.4 Å². The van der Waals surface area contributed by atoms with E-state index in [4.69, 9.17) is 5.11 Å². The fourth-order valence-electron chi connectivity index (χ4n) is 1.07. The van der Waals surface area contributed by atoms with E-state index in [0.717, 1.165) is 0 Å². The van der Waals surface area contributed by atoms with Gasteiger partial charge in [0.15, 0.2) is 6.29 Å². The molecule has 0 aliphatic heterocycles. The lowest BCUT2D eigenvalue weighted by molar-refractivity contribution is 0.112. The Morgan fingerprint density at radius 2 is 2.13 bits per heavy atom. The van der Waals surface area contributed by atoms with Crippen LogP contribution in [0.2, 0.25) is 0 Å². The van der Waals surface area contributed by atoms with Gasteiger partial charge in [0.25, 0.3) is 0 Å². The summed E-state index contributed by atoms with van der Waals surface area (Å²) in [4.78, 5) is 20.3. The molecule has 5 nitrogen and oxygen atoms in total. The highest BCUT2D eigenvalue weighted by atomic mass is 16.3. The molecular weight excluding hydrogens is 194 g/mol. The van der Waals surface area contributed by atoms with Gasteiger partial charge in [0.05, 0.1) is 11.7 Å². The molecule has 0 amide bonds. The third kappa shape index (κ3) is 3.63. The van der Waals surface area contributed by atoms with E-state index in [9.17, 15) is 4.79 Å². The number of anilines is 1. The number of aliphatic hydroxyl groups excluding tert-OH is 1. The molecule has 1 heterocycles. The molecule has 0 bridgehead atoms. The molecule has 1 unspecified atom stereocenters. The van der Waals surface area contributed by atoms with Gasteiger partial charge in [-0.05, 0) is 13.3 Å². The minimum Gasteiger partial charge on any atom is -0.393 e. The minimum atomic E-state index is -0.332. The molecule has 5 heteroatoms. The first kappa shape index (κ1) is 11.6. The van der Waals surface area contributed by atoms with E-state index >= 15 is 0 Å². The van der Waals surface area contributed by atoms with E-state index in [2.05, 4.69) is 9.97 Å². The highest BCUT2D eigenvalue weighted by molar-refractivity contribution is 5.73. The third-order valence-corrected chi connectivity index (χ3v) is 2.02. The minimum absolute atomic E-state index is 0.332. The molecule has 0 saturated heterocycles. The van der Waals surface area contributed by atoms with Gasteiger partial charge in [0.1, 0.15) is 0 Å². The fraction of sp³-hybridized carbons (Fsp3) is 0.500. The predicted octanol–water partition coefficient (Wildman–Crippen LogP) is 0.496. The SMILES string of the molecule is CC(O)CCN(C)c1ncc(C=O)cn1. The molecule has 1 aromatic rings. The zero-order valence-corrected chi connectivity index (χ0v) is 8.92. The average molecular weight is 209 g/mol. The summed E-state index contributed by atoms with van der Waals surface area (Å²) in [5.41, 5.74) is 0.461. The van der Waals surface area contributed by atoms with E-state index in [0.29, 0.717) is 30.8 Å². The zero-order valence-electron chi connectivity index (χ0n) is 8.92. The lowest BCUT2D eigenvalue weighted by atomic mass is 10.3. The van der Waals surface area contributed by atoms with Gasteiger partial charge < -0.3 is 10.0 Å². The Morgan fingerprint density at radius 1 is 1.53 bits per heavy atom. The summed E-state index contributed by atoms with van der Waals surface area (Å²) in [5, 5.41) is 9.12. The summed E-state index contributed by atoms with van der Waals surface area (Å²) < 4.78 is 0.